The van der Waals surface area contributed by atoms with E-state index in [0.717, 1.165) is 34.1 Å². The third-order valence-electron chi connectivity index (χ3n) is 5.14. The number of nitrogens with zero attached hydrogens (tertiary/aromatic N) is 2. The first-order valence-corrected chi connectivity index (χ1v) is 11.4. The van der Waals surface area contributed by atoms with E-state index in [0.29, 0.717) is 30.3 Å². The standard InChI is InChI=1S/C28H27N3O3/c1-3-16-34-26-15-14-20(17-27(26)33-4-2)19-29-31-28(32)23-18-25(21-10-6-5-7-11-21)30-24-13-9-8-12-22(23)24/h5-15,17-19H,3-4,16H2,1-2H3,(H,31,32)/b29-19+. The van der Waals surface area contributed by atoms with Crippen molar-refractivity contribution in [3.8, 4) is 22.8 Å². The molecule has 3 aromatic carbocycles. The van der Waals surface area contributed by atoms with Crippen LogP contribution >= 0.6 is 0 Å². The molecular weight excluding hydrogens is 426 g/mol. The Morgan fingerprint density at radius 2 is 1.74 bits per heavy atom. The van der Waals surface area contributed by atoms with Crippen molar-refractivity contribution in [3.63, 3.8) is 0 Å². The molecule has 0 radical (unpaired) electrons. The number of carbonyl (C=O) groups excluding carboxylic acids is 1. The van der Waals surface area contributed by atoms with Gasteiger partial charge >= 0.3 is 0 Å². The molecule has 6 heteroatoms. The number of hydrogen-bond donors (Lipinski definition) is 1. The van der Waals surface area contributed by atoms with Gasteiger partial charge in [-0.3, -0.25) is 4.79 Å². The Hall–Kier alpha value is -4.19. The number of benzene rings is 3. The van der Waals surface area contributed by atoms with Gasteiger partial charge in [-0.1, -0.05) is 55.5 Å². The molecule has 0 saturated carbocycles. The van der Waals surface area contributed by atoms with Crippen LogP contribution in [0.3, 0.4) is 0 Å². The van der Waals surface area contributed by atoms with Crippen LogP contribution in [0.4, 0.5) is 0 Å². The Balaban J connectivity index is 1.57. The van der Waals surface area contributed by atoms with Crippen molar-refractivity contribution in [2.75, 3.05) is 13.2 Å². The minimum Gasteiger partial charge on any atom is -0.490 e. The van der Waals surface area contributed by atoms with Crippen LogP contribution in [0.5, 0.6) is 11.5 Å². The Morgan fingerprint density at radius 1 is 0.941 bits per heavy atom. The summed E-state index contributed by atoms with van der Waals surface area (Å²) in [4.78, 5) is 17.8. The maximum Gasteiger partial charge on any atom is 0.272 e. The summed E-state index contributed by atoms with van der Waals surface area (Å²) in [6, 6.07) is 24.8. The van der Waals surface area contributed by atoms with Gasteiger partial charge < -0.3 is 9.47 Å². The first-order chi connectivity index (χ1) is 16.7. The molecule has 0 unspecified atom stereocenters. The van der Waals surface area contributed by atoms with Gasteiger partial charge in [0.05, 0.1) is 36.2 Å². The third kappa shape index (κ3) is 5.41. The first kappa shape index (κ1) is 23.0. The van der Waals surface area contributed by atoms with Gasteiger partial charge in [0.25, 0.3) is 5.91 Å². The predicted molar refractivity (Wildman–Crippen MR) is 136 cm³/mol. The smallest absolute Gasteiger partial charge is 0.272 e. The van der Waals surface area contributed by atoms with Crippen molar-refractivity contribution >= 4 is 23.0 Å². The van der Waals surface area contributed by atoms with Crippen LogP contribution in [0.1, 0.15) is 36.2 Å². The van der Waals surface area contributed by atoms with Gasteiger partial charge in [0, 0.05) is 10.9 Å². The predicted octanol–water partition coefficient (Wildman–Crippen LogP) is 5.85. The van der Waals surface area contributed by atoms with Crippen molar-refractivity contribution in [3.05, 3.63) is 90.0 Å². The highest BCUT2D eigenvalue weighted by Gasteiger charge is 2.13. The monoisotopic (exact) mass is 453 g/mol. The van der Waals surface area contributed by atoms with Gasteiger partial charge in [0.2, 0.25) is 0 Å². The number of pyridine rings is 1. The van der Waals surface area contributed by atoms with E-state index in [1.54, 1.807) is 12.3 Å². The number of fused-ring (bicyclic) bond motifs is 1. The molecule has 0 atom stereocenters. The molecule has 1 amide bonds. The molecule has 0 aliphatic rings. The second kappa shape index (κ2) is 11.1. The average molecular weight is 454 g/mol. The van der Waals surface area contributed by atoms with Gasteiger partial charge in [-0.25, -0.2) is 10.4 Å². The molecule has 0 aliphatic heterocycles. The zero-order valence-corrected chi connectivity index (χ0v) is 19.3. The summed E-state index contributed by atoms with van der Waals surface area (Å²) in [5, 5.41) is 4.95. The summed E-state index contributed by atoms with van der Waals surface area (Å²) in [6.07, 6.45) is 2.50. The number of carbonyl (C=O) groups is 1. The van der Waals surface area contributed by atoms with E-state index in [2.05, 4.69) is 17.5 Å². The largest absolute Gasteiger partial charge is 0.490 e. The lowest BCUT2D eigenvalue weighted by molar-refractivity contribution is 0.0956. The summed E-state index contributed by atoms with van der Waals surface area (Å²) >= 11 is 0. The van der Waals surface area contributed by atoms with E-state index in [9.17, 15) is 4.79 Å². The fraction of sp³-hybridized carbons (Fsp3) is 0.179. The minimum absolute atomic E-state index is 0.306. The highest BCUT2D eigenvalue weighted by atomic mass is 16.5. The zero-order chi connectivity index (χ0) is 23.8. The lowest BCUT2D eigenvalue weighted by Gasteiger charge is -2.12. The average Bonchev–Trinajstić information content (AvgIpc) is 2.88. The van der Waals surface area contributed by atoms with E-state index in [1.165, 1.54) is 0 Å². The summed E-state index contributed by atoms with van der Waals surface area (Å²) in [5.74, 6) is 1.04. The molecule has 1 heterocycles. The maximum absolute atomic E-state index is 13.1. The van der Waals surface area contributed by atoms with E-state index in [4.69, 9.17) is 14.5 Å². The second-order valence-corrected chi connectivity index (χ2v) is 7.63. The molecule has 1 N–H and O–H groups in total. The van der Waals surface area contributed by atoms with Crippen LogP contribution in [0.15, 0.2) is 84.0 Å². The fourth-order valence-electron chi connectivity index (χ4n) is 3.55. The van der Waals surface area contributed by atoms with Gasteiger partial charge in [0.15, 0.2) is 11.5 Å². The summed E-state index contributed by atoms with van der Waals surface area (Å²) in [6.45, 7) is 5.12. The number of hydrogen-bond acceptors (Lipinski definition) is 5. The lowest BCUT2D eigenvalue weighted by atomic mass is 10.0. The molecule has 0 aliphatic carbocycles. The van der Waals surface area contributed by atoms with Crippen LogP contribution < -0.4 is 14.9 Å². The number of rotatable bonds is 9. The van der Waals surface area contributed by atoms with Crippen LogP contribution in [0.2, 0.25) is 0 Å². The van der Waals surface area contributed by atoms with Crippen LogP contribution in [0.25, 0.3) is 22.2 Å². The quantitative estimate of drug-likeness (QED) is 0.255. The number of para-hydroxylation sites is 1. The third-order valence-corrected chi connectivity index (χ3v) is 5.14. The van der Waals surface area contributed by atoms with E-state index >= 15 is 0 Å². The second-order valence-electron chi connectivity index (χ2n) is 7.63. The number of aromatic nitrogens is 1. The van der Waals surface area contributed by atoms with Crippen molar-refractivity contribution in [2.24, 2.45) is 5.10 Å². The van der Waals surface area contributed by atoms with E-state index in [-0.39, 0.29) is 5.91 Å². The molecule has 0 bridgehead atoms. The van der Waals surface area contributed by atoms with Crippen molar-refractivity contribution < 1.29 is 14.3 Å². The molecule has 34 heavy (non-hydrogen) atoms. The van der Waals surface area contributed by atoms with Crippen LogP contribution in [0, 0.1) is 0 Å². The maximum atomic E-state index is 13.1. The first-order valence-electron chi connectivity index (χ1n) is 11.4. The number of amides is 1. The zero-order valence-electron chi connectivity index (χ0n) is 19.3. The van der Waals surface area contributed by atoms with Crippen LogP contribution in [-0.2, 0) is 0 Å². The molecule has 1 aromatic heterocycles. The Kier molecular flexibility index (Phi) is 7.50. The lowest BCUT2D eigenvalue weighted by Crippen LogP contribution is -2.18. The van der Waals surface area contributed by atoms with Crippen molar-refractivity contribution in [1.29, 1.82) is 0 Å². The summed E-state index contributed by atoms with van der Waals surface area (Å²) in [7, 11) is 0. The van der Waals surface area contributed by atoms with Gasteiger partial charge in [0.1, 0.15) is 0 Å². The molecular formula is C28H27N3O3. The molecule has 0 saturated heterocycles. The summed E-state index contributed by atoms with van der Waals surface area (Å²) in [5.41, 5.74) is 6.38. The number of nitrogens with one attached hydrogen (secondary N) is 1. The Morgan fingerprint density at radius 3 is 2.53 bits per heavy atom. The SMILES string of the molecule is CCCOc1ccc(/C=N/NC(=O)c2cc(-c3ccccc3)nc3ccccc23)cc1OCC. The van der Waals surface area contributed by atoms with Crippen molar-refractivity contribution in [2.45, 2.75) is 20.3 Å². The highest BCUT2D eigenvalue weighted by molar-refractivity contribution is 6.07. The van der Waals surface area contributed by atoms with E-state index < -0.39 is 0 Å². The van der Waals surface area contributed by atoms with Crippen molar-refractivity contribution in [1.82, 2.24) is 10.4 Å². The van der Waals surface area contributed by atoms with Gasteiger partial charge in [-0.2, -0.15) is 5.10 Å². The molecule has 4 rings (SSSR count). The Bertz CT molecular complexity index is 1300. The fourth-order valence-corrected chi connectivity index (χ4v) is 3.55. The normalized spacial score (nSPS) is 11.0. The molecule has 6 nitrogen and oxygen atoms in total. The molecule has 0 spiro atoms. The topological polar surface area (TPSA) is 72.8 Å². The number of hydrazone groups is 1. The Labute approximate surface area is 199 Å². The molecule has 0 fully saturated rings. The van der Waals surface area contributed by atoms with E-state index in [1.807, 2.05) is 79.7 Å². The molecule has 4 aromatic rings. The highest BCUT2D eigenvalue weighted by Crippen LogP contribution is 2.28. The summed E-state index contributed by atoms with van der Waals surface area (Å²) < 4.78 is 11.4. The van der Waals surface area contributed by atoms with Gasteiger partial charge in [-0.15, -0.1) is 0 Å². The van der Waals surface area contributed by atoms with Crippen LogP contribution in [-0.4, -0.2) is 30.3 Å². The minimum atomic E-state index is -0.306. The van der Waals surface area contributed by atoms with Gasteiger partial charge in [-0.05, 0) is 49.2 Å². The molecule has 172 valence electrons. The number of ether oxygens (including phenoxy) is 2.